The van der Waals surface area contributed by atoms with Gasteiger partial charge in [-0.05, 0) is 24.7 Å². The number of hydrogen-bond acceptors (Lipinski definition) is 5. The average Bonchev–Trinajstić information content (AvgIpc) is 2.53. The summed E-state index contributed by atoms with van der Waals surface area (Å²) in [6.07, 6.45) is -0.748. The van der Waals surface area contributed by atoms with E-state index in [0.29, 0.717) is 0 Å². The van der Waals surface area contributed by atoms with Gasteiger partial charge in [0.15, 0.2) is 0 Å². The highest BCUT2D eigenvalue weighted by Gasteiger charge is 2.14. The number of carbonyl (C=O) groups is 1. The number of nitrogens with zero attached hydrogens (tertiary/aromatic N) is 1. The van der Waals surface area contributed by atoms with Crippen molar-refractivity contribution >= 4 is 16.1 Å². The lowest BCUT2D eigenvalue weighted by Crippen LogP contribution is -2.42. The minimum atomic E-state index is -3.46. The number of sulfonamides is 1. The Bertz CT molecular complexity index is 603. The molecule has 0 bridgehead atoms. The second-order valence-corrected chi connectivity index (χ2v) is 6.89. The summed E-state index contributed by atoms with van der Waals surface area (Å²) in [4.78, 5) is 13.4. The van der Waals surface area contributed by atoms with Gasteiger partial charge in [0.1, 0.15) is 0 Å². The molecule has 8 nitrogen and oxygen atoms in total. The van der Waals surface area contributed by atoms with E-state index in [4.69, 9.17) is 4.74 Å². The van der Waals surface area contributed by atoms with Gasteiger partial charge in [0, 0.05) is 20.7 Å². The summed E-state index contributed by atoms with van der Waals surface area (Å²) >= 11 is 0. The summed E-state index contributed by atoms with van der Waals surface area (Å²) < 4.78 is 30.2. The van der Waals surface area contributed by atoms with Crippen molar-refractivity contribution in [1.29, 1.82) is 0 Å². The van der Waals surface area contributed by atoms with E-state index in [1.807, 2.05) is 0 Å². The van der Waals surface area contributed by atoms with Gasteiger partial charge in [-0.1, -0.05) is 12.1 Å². The molecule has 0 unspecified atom stereocenters. The smallest absolute Gasteiger partial charge is 0.317 e. The molecule has 0 saturated carbocycles. The molecule has 1 rings (SSSR count). The van der Waals surface area contributed by atoms with E-state index >= 15 is 0 Å². The molecule has 0 aliphatic carbocycles. The number of carbonyl (C=O) groups excluding carboxylic acids is 1. The van der Waals surface area contributed by atoms with Crippen LogP contribution in [0.3, 0.4) is 0 Å². The highest BCUT2D eigenvalue weighted by atomic mass is 32.2. The van der Waals surface area contributed by atoms with Crippen molar-refractivity contribution in [2.24, 2.45) is 0 Å². The Hall–Kier alpha value is -1.68. The maximum absolute atomic E-state index is 11.9. The van der Waals surface area contributed by atoms with Crippen molar-refractivity contribution in [3.63, 3.8) is 0 Å². The van der Waals surface area contributed by atoms with E-state index in [9.17, 15) is 18.3 Å². The molecular formula is C14H23N3O5S. The summed E-state index contributed by atoms with van der Waals surface area (Å²) in [6, 6.07) is 5.86. The zero-order valence-corrected chi connectivity index (χ0v) is 14.3. The number of urea groups is 1. The van der Waals surface area contributed by atoms with E-state index in [-0.39, 0.29) is 30.6 Å². The number of rotatable bonds is 8. The normalized spacial score (nSPS) is 12.7. The molecule has 1 atom stereocenters. The minimum absolute atomic E-state index is 0.152. The van der Waals surface area contributed by atoms with E-state index < -0.39 is 16.1 Å². The third-order valence-corrected chi connectivity index (χ3v) is 4.57. The molecule has 23 heavy (non-hydrogen) atoms. The molecule has 0 aliphatic rings. The van der Waals surface area contributed by atoms with Crippen molar-refractivity contribution < 1.29 is 23.1 Å². The molecule has 1 aromatic carbocycles. The Kier molecular flexibility index (Phi) is 7.43. The zero-order chi connectivity index (χ0) is 17.5. The molecule has 0 fully saturated rings. The fourth-order valence-electron chi connectivity index (χ4n) is 1.86. The van der Waals surface area contributed by atoms with Crippen molar-refractivity contribution in [1.82, 2.24) is 14.9 Å². The number of nitrogens with one attached hydrogen (secondary N) is 2. The van der Waals surface area contributed by atoms with E-state index in [2.05, 4.69) is 10.0 Å². The molecule has 0 heterocycles. The first-order valence-electron chi connectivity index (χ1n) is 6.98. The fraction of sp³-hybridized carbons (Fsp3) is 0.500. The molecule has 0 aromatic heterocycles. The predicted octanol–water partition coefficient (Wildman–Crippen LogP) is -0.257. The van der Waals surface area contributed by atoms with Gasteiger partial charge in [0.2, 0.25) is 10.0 Å². The van der Waals surface area contributed by atoms with E-state index in [1.54, 1.807) is 19.2 Å². The van der Waals surface area contributed by atoms with Crippen LogP contribution in [0, 0.1) is 0 Å². The topological polar surface area (TPSA) is 108 Å². The highest BCUT2D eigenvalue weighted by Crippen LogP contribution is 2.10. The monoisotopic (exact) mass is 345 g/mol. The minimum Gasteiger partial charge on any atom is -0.389 e. The van der Waals surface area contributed by atoms with E-state index in [0.717, 1.165) is 5.56 Å². The van der Waals surface area contributed by atoms with Crippen LogP contribution >= 0.6 is 0 Å². The second-order valence-electron chi connectivity index (χ2n) is 5.00. The number of ether oxygens (including phenoxy) is 1. The molecule has 2 amide bonds. The maximum atomic E-state index is 11.9. The lowest BCUT2D eigenvalue weighted by molar-refractivity contribution is 0.0489. The largest absolute Gasteiger partial charge is 0.389 e. The van der Waals surface area contributed by atoms with Crippen LogP contribution in [0.2, 0.25) is 0 Å². The summed E-state index contributed by atoms with van der Waals surface area (Å²) in [7, 11) is 0.920. The lowest BCUT2D eigenvalue weighted by atomic mass is 10.2. The number of hydrogen-bond donors (Lipinski definition) is 3. The number of aliphatic hydroxyl groups excluding tert-OH is 1. The molecule has 3 N–H and O–H groups in total. The highest BCUT2D eigenvalue weighted by molar-refractivity contribution is 7.89. The molecule has 9 heteroatoms. The van der Waals surface area contributed by atoms with Crippen molar-refractivity contribution in [3.8, 4) is 0 Å². The zero-order valence-electron chi connectivity index (χ0n) is 13.4. The van der Waals surface area contributed by atoms with Crippen LogP contribution in [0.1, 0.15) is 5.56 Å². The molecule has 130 valence electrons. The van der Waals surface area contributed by atoms with Gasteiger partial charge >= 0.3 is 6.03 Å². The number of aliphatic hydroxyl groups is 1. The summed E-state index contributed by atoms with van der Waals surface area (Å²) in [5.74, 6) is 0. The quantitative estimate of drug-likeness (QED) is 0.602. The van der Waals surface area contributed by atoms with Gasteiger partial charge in [-0.15, -0.1) is 0 Å². The van der Waals surface area contributed by atoms with Crippen molar-refractivity contribution in [2.45, 2.75) is 17.5 Å². The Morgan fingerprint density at radius 1 is 1.35 bits per heavy atom. The third-order valence-electron chi connectivity index (χ3n) is 3.14. The second kappa shape index (κ2) is 8.82. The summed E-state index contributed by atoms with van der Waals surface area (Å²) in [6.45, 7) is 0.557. The Labute approximate surface area is 136 Å². The standard InChI is InChI=1S/C14H23N3O5S/c1-15-23(20,21)13-6-4-11(5-7-13)8-16-14(19)17(2)9-12(18)10-22-3/h4-7,12,15,18H,8-10H2,1-3H3,(H,16,19)/t12-/m0/s1. The van der Waals surface area contributed by atoms with Crippen LogP contribution in [0.25, 0.3) is 0 Å². The number of benzene rings is 1. The first kappa shape index (κ1) is 19.4. The van der Waals surface area contributed by atoms with Gasteiger partial charge in [-0.25, -0.2) is 17.9 Å². The summed E-state index contributed by atoms with van der Waals surface area (Å²) in [5, 5.41) is 12.3. The van der Waals surface area contributed by atoms with Gasteiger partial charge in [-0.3, -0.25) is 0 Å². The first-order chi connectivity index (χ1) is 10.8. The average molecular weight is 345 g/mol. The number of likely N-dealkylation sites (N-methyl/N-ethyl adjacent to an activating group) is 1. The SMILES string of the molecule is CNS(=O)(=O)c1ccc(CNC(=O)N(C)C[C@H](O)COC)cc1. The van der Waals surface area contributed by atoms with Crippen LogP contribution in [0.4, 0.5) is 4.79 Å². The third kappa shape index (κ3) is 6.14. The van der Waals surface area contributed by atoms with Crippen LogP contribution < -0.4 is 10.0 Å². The van der Waals surface area contributed by atoms with Gasteiger partial charge in [0.05, 0.1) is 24.2 Å². The van der Waals surface area contributed by atoms with Gasteiger partial charge < -0.3 is 20.1 Å². The van der Waals surface area contributed by atoms with Crippen molar-refractivity contribution in [3.05, 3.63) is 29.8 Å². The maximum Gasteiger partial charge on any atom is 0.317 e. The Morgan fingerprint density at radius 2 is 1.96 bits per heavy atom. The van der Waals surface area contributed by atoms with Crippen LogP contribution in [0.15, 0.2) is 29.2 Å². The molecule has 0 saturated heterocycles. The first-order valence-corrected chi connectivity index (χ1v) is 8.47. The number of amides is 2. The van der Waals surface area contributed by atoms with Gasteiger partial charge in [0.25, 0.3) is 0 Å². The summed E-state index contributed by atoms with van der Waals surface area (Å²) in [5.41, 5.74) is 0.763. The van der Waals surface area contributed by atoms with E-state index in [1.165, 1.54) is 31.2 Å². The molecule has 0 aliphatic heterocycles. The molecular weight excluding hydrogens is 322 g/mol. The predicted molar refractivity (Wildman–Crippen MR) is 85.4 cm³/mol. The van der Waals surface area contributed by atoms with Crippen LogP contribution in [0.5, 0.6) is 0 Å². The van der Waals surface area contributed by atoms with Crippen LogP contribution in [-0.2, 0) is 21.3 Å². The Morgan fingerprint density at radius 3 is 2.48 bits per heavy atom. The molecule has 1 aromatic rings. The van der Waals surface area contributed by atoms with Crippen molar-refractivity contribution in [2.75, 3.05) is 34.4 Å². The number of methoxy groups -OCH3 is 1. The fourth-order valence-corrected chi connectivity index (χ4v) is 2.59. The molecule has 0 radical (unpaired) electrons. The van der Waals surface area contributed by atoms with Crippen LogP contribution in [-0.4, -0.2) is 64.9 Å². The Balaban J connectivity index is 2.53. The van der Waals surface area contributed by atoms with Gasteiger partial charge in [-0.2, -0.15) is 0 Å². The molecule has 0 spiro atoms. The lowest BCUT2D eigenvalue weighted by Gasteiger charge is -2.21.